The number of hydrogen-bond donors (Lipinski definition) is 1. The Kier molecular flexibility index (Phi) is 7.85. The van der Waals surface area contributed by atoms with Crippen molar-refractivity contribution in [3.05, 3.63) is 0 Å². The molecule has 0 aromatic carbocycles. The average molecular weight is 483 g/mol. The molecule has 146 valence electrons. The quantitative estimate of drug-likeness (QED) is 0.373. The molecule has 1 unspecified atom stereocenters. The summed E-state index contributed by atoms with van der Waals surface area (Å²) in [6.45, 7) is 2.93. The van der Waals surface area contributed by atoms with Crippen molar-refractivity contribution in [2.45, 2.75) is 57.8 Å². The zero-order valence-electron chi connectivity index (χ0n) is 15.5. The van der Waals surface area contributed by atoms with Gasteiger partial charge in [-0.25, -0.2) is 8.42 Å². The van der Waals surface area contributed by atoms with E-state index in [0.717, 1.165) is 32.0 Å². The number of likely N-dealkylation sites (tertiary alicyclic amines) is 1. The summed E-state index contributed by atoms with van der Waals surface area (Å²) in [5.74, 6) is 1.90. The van der Waals surface area contributed by atoms with Crippen molar-refractivity contribution in [1.29, 1.82) is 0 Å². The SMILES string of the molecule is CN=C(NCC1CCS(=O)(=O)C1)N1CCCC2(CCCCCC2)C1.I. The molecule has 2 aliphatic heterocycles. The molecule has 1 spiro atoms. The molecular formula is C18H34IN3O2S. The van der Waals surface area contributed by atoms with Gasteiger partial charge in [0.2, 0.25) is 0 Å². The fourth-order valence-electron chi connectivity index (χ4n) is 4.88. The van der Waals surface area contributed by atoms with Crippen LogP contribution < -0.4 is 5.32 Å². The smallest absolute Gasteiger partial charge is 0.193 e. The topological polar surface area (TPSA) is 61.8 Å². The van der Waals surface area contributed by atoms with Crippen molar-refractivity contribution in [2.24, 2.45) is 16.3 Å². The van der Waals surface area contributed by atoms with Crippen LogP contribution in [0, 0.1) is 11.3 Å². The molecule has 1 N–H and O–H groups in total. The number of nitrogens with zero attached hydrogens (tertiary/aromatic N) is 2. The highest BCUT2D eigenvalue weighted by Crippen LogP contribution is 2.42. The molecule has 2 saturated heterocycles. The predicted molar refractivity (Wildman–Crippen MR) is 114 cm³/mol. The van der Waals surface area contributed by atoms with Crippen molar-refractivity contribution in [1.82, 2.24) is 10.2 Å². The minimum atomic E-state index is -2.79. The number of guanidine groups is 1. The maximum Gasteiger partial charge on any atom is 0.193 e. The Morgan fingerprint density at radius 1 is 1.16 bits per heavy atom. The molecule has 3 rings (SSSR count). The Labute approximate surface area is 170 Å². The molecule has 25 heavy (non-hydrogen) atoms. The third kappa shape index (κ3) is 5.71. The summed E-state index contributed by atoms with van der Waals surface area (Å²) < 4.78 is 23.2. The highest BCUT2D eigenvalue weighted by atomic mass is 127. The Morgan fingerprint density at radius 2 is 1.84 bits per heavy atom. The van der Waals surface area contributed by atoms with Crippen molar-refractivity contribution >= 4 is 39.8 Å². The molecule has 7 heteroatoms. The zero-order valence-corrected chi connectivity index (χ0v) is 18.7. The van der Waals surface area contributed by atoms with Gasteiger partial charge in [0.15, 0.2) is 15.8 Å². The monoisotopic (exact) mass is 483 g/mol. The lowest BCUT2D eigenvalue weighted by Crippen LogP contribution is -2.51. The van der Waals surface area contributed by atoms with Crippen LogP contribution in [0.15, 0.2) is 4.99 Å². The number of nitrogens with one attached hydrogen (secondary N) is 1. The highest BCUT2D eigenvalue weighted by Gasteiger charge is 2.37. The van der Waals surface area contributed by atoms with E-state index >= 15 is 0 Å². The van der Waals surface area contributed by atoms with Gasteiger partial charge in [0.05, 0.1) is 11.5 Å². The standard InChI is InChI=1S/C18H33N3O2S.HI/c1-19-17(20-13-16-7-12-24(22,23)14-16)21-11-6-10-18(15-21)8-4-2-3-5-9-18;/h16H,2-15H2,1H3,(H,19,20);1H. The van der Waals surface area contributed by atoms with E-state index in [0.29, 0.717) is 16.9 Å². The third-order valence-electron chi connectivity index (χ3n) is 6.21. The molecule has 0 radical (unpaired) electrons. The van der Waals surface area contributed by atoms with Crippen molar-refractivity contribution in [3.63, 3.8) is 0 Å². The molecular weight excluding hydrogens is 449 g/mol. The van der Waals surface area contributed by atoms with E-state index in [-0.39, 0.29) is 29.9 Å². The third-order valence-corrected chi connectivity index (χ3v) is 8.05. The maximum absolute atomic E-state index is 11.6. The van der Waals surface area contributed by atoms with Crippen LogP contribution in [0.2, 0.25) is 0 Å². The second-order valence-corrected chi connectivity index (χ2v) is 10.4. The zero-order chi connectivity index (χ0) is 17.0. The molecule has 1 saturated carbocycles. The number of halogens is 1. The van der Waals surface area contributed by atoms with Crippen LogP contribution in [-0.4, -0.2) is 57.5 Å². The number of aliphatic imine (C=N–C) groups is 1. The van der Waals surface area contributed by atoms with Crippen LogP contribution in [0.4, 0.5) is 0 Å². The largest absolute Gasteiger partial charge is 0.356 e. The van der Waals surface area contributed by atoms with Crippen LogP contribution in [0.3, 0.4) is 0 Å². The lowest BCUT2D eigenvalue weighted by atomic mass is 9.74. The lowest BCUT2D eigenvalue weighted by molar-refractivity contribution is 0.115. The van der Waals surface area contributed by atoms with E-state index in [2.05, 4.69) is 15.2 Å². The molecule has 1 aliphatic carbocycles. The average Bonchev–Trinajstić information content (AvgIpc) is 2.76. The minimum absolute atomic E-state index is 0. The van der Waals surface area contributed by atoms with E-state index in [9.17, 15) is 8.42 Å². The summed E-state index contributed by atoms with van der Waals surface area (Å²) in [7, 11) is -0.945. The Balaban J connectivity index is 0.00000225. The van der Waals surface area contributed by atoms with Gasteiger partial charge in [-0.1, -0.05) is 25.7 Å². The molecule has 2 heterocycles. The molecule has 5 nitrogen and oxygen atoms in total. The summed E-state index contributed by atoms with van der Waals surface area (Å²) in [5.41, 5.74) is 0.489. The van der Waals surface area contributed by atoms with Crippen molar-refractivity contribution in [2.75, 3.05) is 38.2 Å². The molecule has 3 fully saturated rings. The number of piperidine rings is 1. The van der Waals surface area contributed by atoms with Gasteiger partial charge in [-0.2, -0.15) is 0 Å². The number of sulfone groups is 1. The second kappa shape index (κ2) is 9.24. The van der Waals surface area contributed by atoms with Gasteiger partial charge in [0.25, 0.3) is 0 Å². The maximum atomic E-state index is 11.6. The molecule has 0 aromatic rings. The Morgan fingerprint density at radius 3 is 2.44 bits per heavy atom. The van der Waals surface area contributed by atoms with E-state index < -0.39 is 9.84 Å². The van der Waals surface area contributed by atoms with Crippen LogP contribution in [0.5, 0.6) is 0 Å². The van der Waals surface area contributed by atoms with E-state index in [1.54, 1.807) is 0 Å². The first-order chi connectivity index (χ1) is 11.5. The molecule has 0 amide bonds. The van der Waals surface area contributed by atoms with Crippen LogP contribution in [0.25, 0.3) is 0 Å². The summed E-state index contributed by atoms with van der Waals surface area (Å²) in [6.07, 6.45) is 11.7. The highest BCUT2D eigenvalue weighted by molar-refractivity contribution is 14.0. The second-order valence-electron chi connectivity index (χ2n) is 8.14. The van der Waals surface area contributed by atoms with Crippen LogP contribution in [-0.2, 0) is 9.84 Å². The van der Waals surface area contributed by atoms with E-state index in [1.807, 2.05) is 7.05 Å². The van der Waals surface area contributed by atoms with Crippen molar-refractivity contribution < 1.29 is 8.42 Å². The predicted octanol–water partition coefficient (Wildman–Crippen LogP) is 3.05. The van der Waals surface area contributed by atoms with Gasteiger partial charge in [0.1, 0.15) is 0 Å². The normalized spacial score (nSPS) is 29.1. The van der Waals surface area contributed by atoms with Gasteiger partial charge in [-0.15, -0.1) is 24.0 Å². The Bertz CT molecular complexity index is 557. The summed E-state index contributed by atoms with van der Waals surface area (Å²) in [5, 5.41) is 3.47. The van der Waals surface area contributed by atoms with E-state index in [4.69, 9.17) is 0 Å². The van der Waals surface area contributed by atoms with Gasteiger partial charge in [-0.05, 0) is 43.4 Å². The van der Waals surface area contributed by atoms with Gasteiger partial charge >= 0.3 is 0 Å². The fourth-order valence-corrected chi connectivity index (χ4v) is 6.74. The van der Waals surface area contributed by atoms with Crippen LogP contribution >= 0.6 is 24.0 Å². The molecule has 3 aliphatic rings. The fraction of sp³-hybridized carbons (Fsp3) is 0.944. The van der Waals surface area contributed by atoms with E-state index in [1.165, 1.54) is 51.4 Å². The van der Waals surface area contributed by atoms with Crippen LogP contribution in [0.1, 0.15) is 57.8 Å². The van der Waals surface area contributed by atoms with Gasteiger partial charge in [0, 0.05) is 26.7 Å². The first-order valence-electron chi connectivity index (χ1n) is 9.68. The number of hydrogen-bond acceptors (Lipinski definition) is 3. The first-order valence-corrected chi connectivity index (χ1v) is 11.5. The minimum Gasteiger partial charge on any atom is -0.356 e. The summed E-state index contributed by atoms with van der Waals surface area (Å²) in [6, 6.07) is 0. The van der Waals surface area contributed by atoms with Gasteiger partial charge < -0.3 is 10.2 Å². The lowest BCUT2D eigenvalue weighted by Gasteiger charge is -2.44. The Hall–Kier alpha value is -0.0500. The number of rotatable bonds is 2. The van der Waals surface area contributed by atoms with Crippen molar-refractivity contribution in [3.8, 4) is 0 Å². The molecule has 0 bridgehead atoms. The first kappa shape index (κ1) is 21.3. The molecule has 0 aromatic heterocycles. The summed E-state index contributed by atoms with van der Waals surface area (Å²) in [4.78, 5) is 6.92. The molecule has 1 atom stereocenters. The van der Waals surface area contributed by atoms with Gasteiger partial charge in [-0.3, -0.25) is 4.99 Å². The summed E-state index contributed by atoms with van der Waals surface area (Å²) >= 11 is 0.